The number of thioether (sulfide) groups is 1. The Morgan fingerprint density at radius 1 is 1.29 bits per heavy atom. The molecule has 1 aromatic carbocycles. The molecule has 1 saturated heterocycles. The first-order chi connectivity index (χ1) is 8.10. The highest BCUT2D eigenvalue weighted by Crippen LogP contribution is 2.29. The van der Waals surface area contributed by atoms with Crippen LogP contribution in [-0.4, -0.2) is 28.7 Å². The Kier molecular flexibility index (Phi) is 4.00. The average Bonchev–Trinajstić information content (AvgIpc) is 2.27. The summed E-state index contributed by atoms with van der Waals surface area (Å²) in [6.45, 7) is 9.03. The average molecular weight is 251 g/mol. The Balaban J connectivity index is 2.19. The second kappa shape index (κ2) is 5.32. The second-order valence-corrected chi connectivity index (χ2v) is 6.81. The molecule has 2 nitrogen and oxygen atoms in total. The van der Waals surface area contributed by atoms with Crippen molar-refractivity contribution in [2.45, 2.75) is 37.9 Å². The maximum atomic E-state index is 9.19. The van der Waals surface area contributed by atoms with E-state index in [0.717, 1.165) is 18.7 Å². The molecule has 0 amide bonds. The van der Waals surface area contributed by atoms with Crippen LogP contribution in [0.5, 0.6) is 0 Å². The van der Waals surface area contributed by atoms with Crippen LogP contribution >= 0.6 is 11.8 Å². The fourth-order valence-electron chi connectivity index (χ4n) is 2.44. The Labute approximate surface area is 108 Å². The minimum atomic E-state index is 0.134. The van der Waals surface area contributed by atoms with Crippen molar-refractivity contribution in [3.8, 4) is 0 Å². The molecular weight excluding hydrogens is 230 g/mol. The number of aliphatic hydroxyl groups excluding tert-OH is 1. The van der Waals surface area contributed by atoms with E-state index in [1.165, 1.54) is 11.3 Å². The highest BCUT2D eigenvalue weighted by Gasteiger charge is 2.22. The van der Waals surface area contributed by atoms with Crippen LogP contribution in [0.1, 0.15) is 25.0 Å². The Morgan fingerprint density at radius 3 is 2.47 bits per heavy atom. The summed E-state index contributed by atoms with van der Waals surface area (Å²) < 4.78 is 0. The molecule has 1 aliphatic heterocycles. The minimum Gasteiger partial charge on any atom is -0.392 e. The van der Waals surface area contributed by atoms with Crippen LogP contribution in [0.2, 0.25) is 0 Å². The second-order valence-electron chi connectivity index (χ2n) is 4.93. The highest BCUT2D eigenvalue weighted by atomic mass is 32.2. The van der Waals surface area contributed by atoms with Crippen molar-refractivity contribution in [3.05, 3.63) is 29.3 Å². The number of anilines is 1. The molecule has 0 radical (unpaired) electrons. The van der Waals surface area contributed by atoms with Crippen molar-refractivity contribution < 1.29 is 5.11 Å². The molecule has 0 spiro atoms. The van der Waals surface area contributed by atoms with Crippen molar-refractivity contribution in [1.82, 2.24) is 0 Å². The lowest BCUT2D eigenvalue weighted by Crippen LogP contribution is -2.40. The number of rotatable bonds is 2. The summed E-state index contributed by atoms with van der Waals surface area (Å²) in [4.78, 5) is 2.46. The normalized spacial score (nSPS) is 25.1. The fraction of sp³-hybridized carbons (Fsp3) is 0.571. The largest absolute Gasteiger partial charge is 0.392 e. The SMILES string of the molecule is Cc1cc(N2CC(C)SC(C)C2)ccc1CO. The van der Waals surface area contributed by atoms with Gasteiger partial charge in [0.15, 0.2) is 0 Å². The summed E-state index contributed by atoms with van der Waals surface area (Å²) in [5.74, 6) is 0. The molecule has 1 heterocycles. The van der Waals surface area contributed by atoms with E-state index >= 15 is 0 Å². The van der Waals surface area contributed by atoms with Gasteiger partial charge in [0, 0.05) is 29.3 Å². The van der Waals surface area contributed by atoms with Gasteiger partial charge in [0.2, 0.25) is 0 Å². The first kappa shape index (κ1) is 12.8. The predicted molar refractivity (Wildman–Crippen MR) is 75.8 cm³/mol. The molecule has 1 fully saturated rings. The summed E-state index contributed by atoms with van der Waals surface area (Å²) in [5.41, 5.74) is 3.50. The predicted octanol–water partition coefficient (Wildman–Crippen LogP) is 2.82. The number of aryl methyl sites for hydroxylation is 1. The van der Waals surface area contributed by atoms with E-state index in [0.29, 0.717) is 10.5 Å². The first-order valence-corrected chi connectivity index (χ1v) is 7.15. The monoisotopic (exact) mass is 251 g/mol. The fourth-order valence-corrected chi connectivity index (χ4v) is 3.77. The molecule has 2 rings (SSSR count). The molecule has 0 saturated carbocycles. The van der Waals surface area contributed by atoms with E-state index in [2.05, 4.69) is 49.6 Å². The summed E-state index contributed by atoms with van der Waals surface area (Å²) in [6.07, 6.45) is 0. The van der Waals surface area contributed by atoms with Crippen molar-refractivity contribution in [2.24, 2.45) is 0 Å². The zero-order valence-electron chi connectivity index (χ0n) is 10.8. The van der Waals surface area contributed by atoms with Crippen molar-refractivity contribution in [2.75, 3.05) is 18.0 Å². The number of benzene rings is 1. The standard InChI is InChI=1S/C14H21NOS/c1-10-6-14(5-4-13(10)9-16)15-7-11(2)17-12(3)8-15/h4-6,11-12,16H,7-9H2,1-3H3. The third kappa shape index (κ3) is 2.96. The van der Waals surface area contributed by atoms with Gasteiger partial charge in [-0.3, -0.25) is 0 Å². The lowest BCUT2D eigenvalue weighted by atomic mass is 10.1. The lowest BCUT2D eigenvalue weighted by Gasteiger charge is -2.36. The van der Waals surface area contributed by atoms with E-state index in [9.17, 15) is 5.11 Å². The molecule has 1 aliphatic rings. The van der Waals surface area contributed by atoms with E-state index in [1.807, 2.05) is 6.07 Å². The molecule has 17 heavy (non-hydrogen) atoms. The smallest absolute Gasteiger partial charge is 0.0684 e. The lowest BCUT2D eigenvalue weighted by molar-refractivity contribution is 0.281. The molecule has 94 valence electrons. The van der Waals surface area contributed by atoms with Crippen LogP contribution in [0.3, 0.4) is 0 Å². The third-order valence-corrected chi connectivity index (χ3v) is 4.51. The van der Waals surface area contributed by atoms with E-state index in [-0.39, 0.29) is 6.61 Å². The summed E-state index contributed by atoms with van der Waals surface area (Å²) in [6, 6.07) is 6.37. The maximum absolute atomic E-state index is 9.19. The van der Waals surface area contributed by atoms with Crippen LogP contribution in [0.4, 0.5) is 5.69 Å². The molecular formula is C14H21NOS. The Bertz CT molecular complexity index is 384. The van der Waals surface area contributed by atoms with Crippen molar-refractivity contribution in [3.63, 3.8) is 0 Å². The Morgan fingerprint density at radius 2 is 1.94 bits per heavy atom. The van der Waals surface area contributed by atoms with Crippen LogP contribution < -0.4 is 4.90 Å². The van der Waals surface area contributed by atoms with E-state index in [4.69, 9.17) is 0 Å². The van der Waals surface area contributed by atoms with Crippen molar-refractivity contribution in [1.29, 1.82) is 0 Å². The third-order valence-electron chi connectivity index (χ3n) is 3.28. The molecule has 0 bridgehead atoms. The van der Waals surface area contributed by atoms with Gasteiger partial charge in [-0.25, -0.2) is 0 Å². The number of hydrogen-bond donors (Lipinski definition) is 1. The van der Waals surface area contributed by atoms with Gasteiger partial charge in [-0.05, 0) is 30.2 Å². The molecule has 1 aromatic rings. The number of nitrogens with zero attached hydrogens (tertiary/aromatic N) is 1. The van der Waals surface area contributed by atoms with Gasteiger partial charge >= 0.3 is 0 Å². The quantitative estimate of drug-likeness (QED) is 0.874. The summed E-state index contributed by atoms with van der Waals surface area (Å²) in [7, 11) is 0. The van der Waals surface area contributed by atoms with E-state index < -0.39 is 0 Å². The molecule has 2 atom stereocenters. The van der Waals surface area contributed by atoms with E-state index in [1.54, 1.807) is 0 Å². The van der Waals surface area contributed by atoms with Gasteiger partial charge in [0.25, 0.3) is 0 Å². The molecule has 3 heteroatoms. The molecule has 2 unspecified atom stereocenters. The summed E-state index contributed by atoms with van der Waals surface area (Å²) >= 11 is 2.07. The van der Waals surface area contributed by atoms with Crippen LogP contribution in [-0.2, 0) is 6.61 Å². The number of hydrogen-bond acceptors (Lipinski definition) is 3. The zero-order chi connectivity index (χ0) is 12.4. The maximum Gasteiger partial charge on any atom is 0.0684 e. The summed E-state index contributed by atoms with van der Waals surface area (Å²) in [5, 5.41) is 10.6. The van der Waals surface area contributed by atoms with Gasteiger partial charge in [-0.15, -0.1) is 0 Å². The van der Waals surface area contributed by atoms with Gasteiger partial charge in [-0.1, -0.05) is 19.9 Å². The molecule has 1 N–H and O–H groups in total. The first-order valence-electron chi connectivity index (χ1n) is 6.21. The minimum absolute atomic E-state index is 0.134. The molecule has 0 aliphatic carbocycles. The van der Waals surface area contributed by atoms with Crippen LogP contribution in [0.15, 0.2) is 18.2 Å². The Hall–Kier alpha value is -0.670. The molecule has 0 aromatic heterocycles. The van der Waals surface area contributed by atoms with Crippen LogP contribution in [0, 0.1) is 6.92 Å². The number of aliphatic hydroxyl groups is 1. The van der Waals surface area contributed by atoms with Crippen LogP contribution in [0.25, 0.3) is 0 Å². The van der Waals surface area contributed by atoms with Gasteiger partial charge in [0.05, 0.1) is 6.61 Å². The van der Waals surface area contributed by atoms with Gasteiger partial charge < -0.3 is 10.0 Å². The van der Waals surface area contributed by atoms with Gasteiger partial charge in [-0.2, -0.15) is 11.8 Å². The zero-order valence-corrected chi connectivity index (χ0v) is 11.6. The van der Waals surface area contributed by atoms with Crippen molar-refractivity contribution >= 4 is 17.4 Å². The van der Waals surface area contributed by atoms with Gasteiger partial charge in [0.1, 0.15) is 0 Å². The topological polar surface area (TPSA) is 23.5 Å². The highest BCUT2D eigenvalue weighted by molar-refractivity contribution is 8.00.